The van der Waals surface area contributed by atoms with Gasteiger partial charge in [0.1, 0.15) is 0 Å². The zero-order valence-electron chi connectivity index (χ0n) is 23.0. The molecule has 9 aromatic carbocycles. The van der Waals surface area contributed by atoms with Crippen molar-refractivity contribution in [1.82, 2.24) is 0 Å². The molecule has 0 heterocycles. The second-order valence-electron chi connectivity index (χ2n) is 11.2. The van der Waals surface area contributed by atoms with Gasteiger partial charge in [0.05, 0.1) is 0 Å². The normalized spacial score (nSPS) is 11.8. The van der Waals surface area contributed by atoms with Crippen molar-refractivity contribution in [3.63, 3.8) is 0 Å². The monoisotopic (exact) mass is 530 g/mol. The lowest BCUT2D eigenvalue weighted by Crippen LogP contribution is -1.94. The van der Waals surface area contributed by atoms with E-state index in [9.17, 15) is 0 Å². The van der Waals surface area contributed by atoms with Gasteiger partial charge in [-0.05, 0) is 93.3 Å². The van der Waals surface area contributed by atoms with Gasteiger partial charge in [0.15, 0.2) is 0 Å². The number of hydrogen-bond acceptors (Lipinski definition) is 0. The number of fused-ring (bicyclic) bond motifs is 4. The van der Waals surface area contributed by atoms with Crippen molar-refractivity contribution in [2.45, 2.75) is 0 Å². The fourth-order valence-corrected chi connectivity index (χ4v) is 7.23. The lowest BCUT2D eigenvalue weighted by molar-refractivity contribution is 1.58. The molecule has 0 aromatic heterocycles. The van der Waals surface area contributed by atoms with Crippen molar-refractivity contribution < 1.29 is 0 Å². The second-order valence-corrected chi connectivity index (χ2v) is 11.2. The Morgan fingerprint density at radius 3 is 1.55 bits per heavy atom. The summed E-state index contributed by atoms with van der Waals surface area (Å²) in [6.45, 7) is 0. The molecule has 0 heteroatoms. The third-order valence-corrected chi connectivity index (χ3v) is 8.99. The lowest BCUT2D eigenvalue weighted by Gasteiger charge is -2.21. The minimum Gasteiger partial charge on any atom is -0.0622 e. The fraction of sp³-hybridized carbons (Fsp3) is 0. The molecule has 0 unspecified atom stereocenters. The Kier molecular flexibility index (Phi) is 5.00. The highest BCUT2D eigenvalue weighted by molar-refractivity contribution is 6.40. The van der Waals surface area contributed by atoms with Gasteiger partial charge in [-0.15, -0.1) is 0 Å². The largest absolute Gasteiger partial charge is 0.0622 e. The number of benzene rings is 9. The van der Waals surface area contributed by atoms with Crippen LogP contribution in [0.2, 0.25) is 0 Å². The fourth-order valence-electron chi connectivity index (χ4n) is 7.23. The van der Waals surface area contributed by atoms with E-state index in [0.717, 1.165) is 0 Å². The van der Waals surface area contributed by atoms with Crippen LogP contribution in [0.15, 0.2) is 158 Å². The van der Waals surface area contributed by atoms with Crippen LogP contribution in [0.4, 0.5) is 0 Å². The molecule has 0 N–H and O–H groups in total. The lowest BCUT2D eigenvalue weighted by atomic mass is 9.81. The first-order valence-electron chi connectivity index (χ1n) is 14.6. The van der Waals surface area contributed by atoms with Gasteiger partial charge in [-0.25, -0.2) is 0 Å². The number of rotatable bonds is 3. The summed E-state index contributed by atoms with van der Waals surface area (Å²) in [5.41, 5.74) is 7.50. The highest BCUT2D eigenvalue weighted by atomic mass is 14.2. The third kappa shape index (κ3) is 3.30. The molecule has 0 nitrogen and oxygen atoms in total. The minimum atomic E-state index is 1.23. The van der Waals surface area contributed by atoms with E-state index >= 15 is 0 Å². The summed E-state index contributed by atoms with van der Waals surface area (Å²) in [4.78, 5) is 0. The van der Waals surface area contributed by atoms with Crippen molar-refractivity contribution in [2.75, 3.05) is 0 Å². The van der Waals surface area contributed by atoms with Crippen molar-refractivity contribution in [3.8, 4) is 33.4 Å². The molecular formula is C42H26. The molecule has 0 aliphatic carbocycles. The Morgan fingerprint density at radius 2 is 0.786 bits per heavy atom. The number of hydrogen-bond donors (Lipinski definition) is 0. The van der Waals surface area contributed by atoms with Gasteiger partial charge in [-0.2, -0.15) is 0 Å². The van der Waals surface area contributed by atoms with E-state index in [1.165, 1.54) is 87.2 Å². The van der Waals surface area contributed by atoms with Crippen LogP contribution < -0.4 is 0 Å². The molecule has 0 saturated carbocycles. The van der Waals surface area contributed by atoms with Gasteiger partial charge < -0.3 is 0 Å². The van der Waals surface area contributed by atoms with Crippen LogP contribution in [0, 0.1) is 0 Å². The van der Waals surface area contributed by atoms with Gasteiger partial charge in [0.25, 0.3) is 0 Å². The van der Waals surface area contributed by atoms with Crippen LogP contribution in [0.1, 0.15) is 0 Å². The Morgan fingerprint density at radius 1 is 0.262 bits per heavy atom. The van der Waals surface area contributed by atoms with Gasteiger partial charge in [0, 0.05) is 0 Å². The Labute approximate surface area is 244 Å². The summed E-state index contributed by atoms with van der Waals surface area (Å²) < 4.78 is 0. The summed E-state index contributed by atoms with van der Waals surface area (Å²) in [6, 6.07) is 57.9. The quantitative estimate of drug-likeness (QED) is 0.157. The first-order valence-corrected chi connectivity index (χ1v) is 14.6. The molecule has 0 spiro atoms. The Hall–Kier alpha value is -5.46. The molecule has 0 aliphatic heterocycles. The van der Waals surface area contributed by atoms with Crippen LogP contribution >= 0.6 is 0 Å². The molecule has 42 heavy (non-hydrogen) atoms. The predicted molar refractivity (Wildman–Crippen MR) is 181 cm³/mol. The first-order chi connectivity index (χ1) is 20.9. The summed E-state index contributed by atoms with van der Waals surface area (Å²) in [6.07, 6.45) is 0. The molecule has 0 aliphatic rings. The molecule has 194 valence electrons. The van der Waals surface area contributed by atoms with E-state index in [4.69, 9.17) is 0 Å². The molecule has 0 fully saturated rings. The summed E-state index contributed by atoms with van der Waals surface area (Å²) >= 11 is 0. The molecule has 0 saturated heterocycles. The maximum absolute atomic E-state index is 2.38. The van der Waals surface area contributed by atoms with Crippen molar-refractivity contribution >= 4 is 53.9 Å². The van der Waals surface area contributed by atoms with Crippen LogP contribution in [0.3, 0.4) is 0 Å². The van der Waals surface area contributed by atoms with Crippen LogP contribution in [-0.4, -0.2) is 0 Å². The Balaban J connectivity index is 1.49. The maximum atomic E-state index is 2.38. The van der Waals surface area contributed by atoms with E-state index in [1.807, 2.05) is 0 Å². The summed E-state index contributed by atoms with van der Waals surface area (Å²) in [7, 11) is 0. The first kappa shape index (κ1) is 23.3. The molecule has 9 aromatic rings. The van der Waals surface area contributed by atoms with Gasteiger partial charge in [-0.1, -0.05) is 152 Å². The second kappa shape index (κ2) is 9.03. The average Bonchev–Trinajstić information content (AvgIpc) is 3.07. The summed E-state index contributed by atoms with van der Waals surface area (Å²) in [5.74, 6) is 0. The van der Waals surface area contributed by atoms with E-state index in [1.54, 1.807) is 0 Å². The van der Waals surface area contributed by atoms with E-state index in [0.29, 0.717) is 0 Å². The molecular weight excluding hydrogens is 504 g/mol. The van der Waals surface area contributed by atoms with E-state index < -0.39 is 0 Å². The van der Waals surface area contributed by atoms with Crippen LogP contribution in [0.5, 0.6) is 0 Å². The van der Waals surface area contributed by atoms with Crippen LogP contribution in [0.25, 0.3) is 87.2 Å². The molecule has 0 amide bonds. The topological polar surface area (TPSA) is 0 Å². The standard InChI is InChI=1S/C42H26/c1-3-12-27(13-4-1)30-24-25-35(38(26-30)28-14-5-2-6-15-28)40-32-18-7-8-19-33(32)41-36-22-10-17-29-16-9-20-31(39(29)36)34-21-11-23-37(40)42(34)41/h1-26H. The van der Waals surface area contributed by atoms with Gasteiger partial charge in [-0.3, -0.25) is 0 Å². The van der Waals surface area contributed by atoms with E-state index in [-0.39, 0.29) is 0 Å². The van der Waals surface area contributed by atoms with E-state index in [2.05, 4.69) is 158 Å². The molecule has 0 bridgehead atoms. The zero-order chi connectivity index (χ0) is 27.6. The smallest absolute Gasteiger partial charge is 0.00137 e. The molecule has 9 rings (SSSR count). The summed E-state index contributed by atoms with van der Waals surface area (Å²) in [5, 5.41) is 13.2. The van der Waals surface area contributed by atoms with Gasteiger partial charge >= 0.3 is 0 Å². The highest BCUT2D eigenvalue weighted by Crippen LogP contribution is 2.49. The molecule has 0 radical (unpaired) electrons. The van der Waals surface area contributed by atoms with Crippen molar-refractivity contribution in [2.24, 2.45) is 0 Å². The van der Waals surface area contributed by atoms with Crippen molar-refractivity contribution in [1.29, 1.82) is 0 Å². The molecule has 0 atom stereocenters. The average molecular weight is 531 g/mol. The zero-order valence-corrected chi connectivity index (χ0v) is 23.0. The maximum Gasteiger partial charge on any atom is -0.00137 e. The van der Waals surface area contributed by atoms with Crippen molar-refractivity contribution in [3.05, 3.63) is 158 Å². The minimum absolute atomic E-state index is 1.23. The SMILES string of the molecule is c1ccc(-c2ccc(-c3c4ccccc4c4c5cccc6cccc(c7cccc3c74)c65)c(-c3ccccc3)c2)cc1. The van der Waals surface area contributed by atoms with Crippen LogP contribution in [-0.2, 0) is 0 Å². The highest BCUT2D eigenvalue weighted by Gasteiger charge is 2.21. The Bertz CT molecular complexity index is 2430. The third-order valence-electron chi connectivity index (χ3n) is 8.99. The predicted octanol–water partition coefficient (Wildman–Crippen LogP) is 11.9. The van der Waals surface area contributed by atoms with Gasteiger partial charge in [0.2, 0.25) is 0 Å².